The van der Waals surface area contributed by atoms with E-state index in [0.717, 1.165) is 16.7 Å². The van der Waals surface area contributed by atoms with E-state index in [1.165, 1.54) is 6.92 Å². The van der Waals surface area contributed by atoms with Gasteiger partial charge in [-0.2, -0.15) is 5.10 Å². The highest BCUT2D eigenvalue weighted by Gasteiger charge is 2.40. The first-order chi connectivity index (χ1) is 15.9. The largest absolute Gasteiger partial charge is 0.390 e. The minimum atomic E-state index is -3.13. The van der Waals surface area contributed by atoms with Gasteiger partial charge < -0.3 is 20.0 Å². The fourth-order valence-electron chi connectivity index (χ4n) is 3.72. The predicted molar refractivity (Wildman–Crippen MR) is 125 cm³/mol. The fourth-order valence-corrected chi connectivity index (χ4v) is 3.72. The molecule has 172 valence electrons. The molecule has 33 heavy (non-hydrogen) atoms. The Morgan fingerprint density at radius 1 is 0.788 bits per heavy atom. The summed E-state index contributed by atoms with van der Waals surface area (Å²) in [5.74, 6) is 0.187. The number of hydrogen-bond donors (Lipinski definition) is 4. The molecule has 0 saturated heterocycles. The number of rotatable bonds is 6. The van der Waals surface area contributed by atoms with Crippen molar-refractivity contribution in [3.63, 3.8) is 0 Å². The molecule has 1 aromatic heterocycles. The Balaban J connectivity index is 0.000000709. The van der Waals surface area contributed by atoms with E-state index < -0.39 is 26.0 Å². The number of nitrogens with zero attached hydrogens (tertiary/aromatic N) is 3. The van der Waals surface area contributed by atoms with Gasteiger partial charge in [-0.25, -0.2) is 9.67 Å². The van der Waals surface area contributed by atoms with Gasteiger partial charge in [-0.3, -0.25) is 4.57 Å². The van der Waals surface area contributed by atoms with Crippen molar-refractivity contribution >= 4 is 8.25 Å². The van der Waals surface area contributed by atoms with Gasteiger partial charge in [0.2, 0.25) is 0 Å². The molecule has 0 aliphatic rings. The number of aliphatic hydroxyl groups excluding tert-OH is 2. The van der Waals surface area contributed by atoms with Crippen molar-refractivity contribution < 1.29 is 24.6 Å². The van der Waals surface area contributed by atoms with Crippen LogP contribution in [0.3, 0.4) is 0 Å². The molecule has 0 bridgehead atoms. The highest BCUT2D eigenvalue weighted by Crippen LogP contribution is 2.40. The molecule has 1 heterocycles. The molecule has 0 aliphatic heterocycles. The standard InChI is InChI=1S/C24H23N3O2.H3O3P/c1-18(28)22(29)23-25-17-27(26-23)24(19-11-5-2-6-12-19,20-13-7-3-8-14-20)21-15-9-4-10-16-21;1-4(2)3/h2-18,22,28-29H,1H3;4H,(H2,1,2,3). The van der Waals surface area contributed by atoms with E-state index in [0.29, 0.717) is 0 Å². The summed E-state index contributed by atoms with van der Waals surface area (Å²) in [4.78, 5) is 18.6. The molecule has 8 nitrogen and oxygen atoms in total. The molecular formula is C24H26N3O5P. The maximum atomic E-state index is 10.3. The minimum Gasteiger partial charge on any atom is -0.390 e. The Hall–Kier alpha value is -3.13. The third kappa shape index (κ3) is 5.45. The van der Waals surface area contributed by atoms with Crippen molar-refractivity contribution in [2.45, 2.75) is 24.7 Å². The molecule has 2 unspecified atom stereocenters. The fraction of sp³-hybridized carbons (Fsp3) is 0.167. The average Bonchev–Trinajstić information content (AvgIpc) is 3.31. The second kappa shape index (κ2) is 11.1. The zero-order chi connectivity index (χ0) is 23.8. The van der Waals surface area contributed by atoms with Crippen molar-refractivity contribution in [1.29, 1.82) is 0 Å². The monoisotopic (exact) mass is 467 g/mol. The van der Waals surface area contributed by atoms with E-state index in [9.17, 15) is 10.2 Å². The summed E-state index contributed by atoms with van der Waals surface area (Å²) in [5.41, 5.74) is 2.26. The molecule has 4 aromatic rings. The van der Waals surface area contributed by atoms with Crippen LogP contribution in [0.1, 0.15) is 35.5 Å². The summed E-state index contributed by atoms with van der Waals surface area (Å²) in [6, 6.07) is 30.3. The van der Waals surface area contributed by atoms with Crippen LogP contribution in [0.15, 0.2) is 97.3 Å². The van der Waals surface area contributed by atoms with Gasteiger partial charge in [0.1, 0.15) is 18.0 Å². The van der Waals surface area contributed by atoms with Crippen molar-refractivity contribution in [1.82, 2.24) is 14.8 Å². The number of aromatic nitrogens is 3. The minimum absolute atomic E-state index is 0.187. The summed E-state index contributed by atoms with van der Waals surface area (Å²) in [6.45, 7) is 1.52. The molecule has 4 rings (SSSR count). The number of benzene rings is 3. The topological polar surface area (TPSA) is 129 Å². The second-order valence-electron chi connectivity index (χ2n) is 7.32. The van der Waals surface area contributed by atoms with Crippen molar-refractivity contribution in [3.8, 4) is 0 Å². The lowest BCUT2D eigenvalue weighted by molar-refractivity contribution is 0.0247. The summed E-state index contributed by atoms with van der Waals surface area (Å²) in [7, 11) is -3.13. The Bertz CT molecular complexity index is 1050. The van der Waals surface area contributed by atoms with Crippen LogP contribution in [-0.4, -0.2) is 40.9 Å². The third-order valence-corrected chi connectivity index (χ3v) is 5.15. The Morgan fingerprint density at radius 2 is 1.15 bits per heavy atom. The van der Waals surface area contributed by atoms with E-state index in [1.807, 2.05) is 54.6 Å². The van der Waals surface area contributed by atoms with Gasteiger partial charge in [-0.15, -0.1) is 0 Å². The molecule has 0 spiro atoms. The molecule has 9 heteroatoms. The van der Waals surface area contributed by atoms with E-state index in [2.05, 4.69) is 46.5 Å². The quantitative estimate of drug-likeness (QED) is 0.254. The van der Waals surface area contributed by atoms with Gasteiger partial charge in [-0.1, -0.05) is 91.0 Å². The highest BCUT2D eigenvalue weighted by molar-refractivity contribution is 7.30. The zero-order valence-corrected chi connectivity index (χ0v) is 18.9. The van der Waals surface area contributed by atoms with Crippen LogP contribution in [0.4, 0.5) is 0 Å². The summed E-state index contributed by atoms with van der Waals surface area (Å²) in [5, 5.41) is 24.7. The Morgan fingerprint density at radius 3 is 1.48 bits per heavy atom. The van der Waals surface area contributed by atoms with Gasteiger partial charge >= 0.3 is 8.25 Å². The van der Waals surface area contributed by atoms with Crippen LogP contribution in [0.25, 0.3) is 0 Å². The predicted octanol–water partition coefficient (Wildman–Crippen LogP) is 2.89. The van der Waals surface area contributed by atoms with E-state index in [4.69, 9.17) is 14.4 Å². The SMILES string of the molecule is CC(O)C(O)c1ncn(C(c2ccccc2)(c2ccccc2)c2ccccc2)n1.O=[PH](O)O. The van der Waals surface area contributed by atoms with Crippen LogP contribution in [0, 0.1) is 0 Å². The van der Waals surface area contributed by atoms with Gasteiger partial charge in [0, 0.05) is 0 Å². The lowest BCUT2D eigenvalue weighted by Gasteiger charge is -2.35. The van der Waals surface area contributed by atoms with Gasteiger partial charge in [0.05, 0.1) is 6.10 Å². The van der Waals surface area contributed by atoms with Crippen LogP contribution < -0.4 is 0 Å². The summed E-state index contributed by atoms with van der Waals surface area (Å²) >= 11 is 0. The maximum Gasteiger partial charge on any atom is 0.314 e. The molecule has 0 fully saturated rings. The van der Waals surface area contributed by atoms with Crippen molar-refractivity contribution in [2.75, 3.05) is 0 Å². The van der Waals surface area contributed by atoms with Crippen LogP contribution in [0.5, 0.6) is 0 Å². The maximum absolute atomic E-state index is 10.3. The molecule has 0 saturated carbocycles. The van der Waals surface area contributed by atoms with Crippen LogP contribution >= 0.6 is 8.25 Å². The van der Waals surface area contributed by atoms with Crippen molar-refractivity contribution in [2.24, 2.45) is 0 Å². The molecular weight excluding hydrogens is 441 g/mol. The summed E-state index contributed by atoms with van der Waals surface area (Å²) in [6.07, 6.45) is -0.504. The van der Waals surface area contributed by atoms with Gasteiger partial charge in [0.15, 0.2) is 5.82 Å². The van der Waals surface area contributed by atoms with Crippen LogP contribution in [-0.2, 0) is 10.1 Å². The lowest BCUT2D eigenvalue weighted by Crippen LogP contribution is -2.38. The number of hydrogen-bond acceptors (Lipinski definition) is 5. The summed E-state index contributed by atoms with van der Waals surface area (Å²) < 4.78 is 10.5. The molecule has 4 N–H and O–H groups in total. The highest BCUT2D eigenvalue weighted by atomic mass is 31.1. The first-order valence-electron chi connectivity index (χ1n) is 10.2. The Labute approximate surface area is 192 Å². The zero-order valence-electron chi connectivity index (χ0n) is 17.9. The second-order valence-corrected chi connectivity index (χ2v) is 7.89. The van der Waals surface area contributed by atoms with Crippen LogP contribution in [0.2, 0.25) is 0 Å². The molecule has 0 radical (unpaired) electrons. The van der Waals surface area contributed by atoms with E-state index in [-0.39, 0.29) is 5.82 Å². The average molecular weight is 467 g/mol. The van der Waals surface area contributed by atoms with Gasteiger partial charge in [-0.05, 0) is 23.6 Å². The van der Waals surface area contributed by atoms with Gasteiger partial charge in [0.25, 0.3) is 0 Å². The van der Waals surface area contributed by atoms with E-state index in [1.54, 1.807) is 11.0 Å². The molecule has 2 atom stereocenters. The molecule has 0 amide bonds. The number of aliphatic hydroxyl groups is 2. The third-order valence-electron chi connectivity index (χ3n) is 5.15. The first-order valence-corrected chi connectivity index (χ1v) is 11.5. The lowest BCUT2D eigenvalue weighted by atomic mass is 9.77. The normalized spacial score (nSPS) is 13.2. The Kier molecular flexibility index (Phi) is 8.27. The van der Waals surface area contributed by atoms with Crippen molar-refractivity contribution in [3.05, 3.63) is 120 Å². The van der Waals surface area contributed by atoms with E-state index >= 15 is 0 Å². The molecule has 0 aliphatic carbocycles. The first kappa shape index (κ1) is 24.5. The molecule has 3 aromatic carbocycles. The smallest absolute Gasteiger partial charge is 0.314 e.